The molecule has 0 spiro atoms. The first-order chi connectivity index (χ1) is 7.27. The van der Waals surface area contributed by atoms with E-state index in [1.54, 1.807) is 6.26 Å². The molecule has 15 heavy (non-hydrogen) atoms. The van der Waals surface area contributed by atoms with Crippen LogP contribution < -0.4 is 5.32 Å². The molecule has 2 N–H and O–H groups in total. The predicted octanol–water partition coefficient (Wildman–Crippen LogP) is 2.48. The second-order valence-electron chi connectivity index (χ2n) is 3.91. The Bertz CT molecular complexity index is 246. The Morgan fingerprint density at radius 1 is 1.53 bits per heavy atom. The standard InChI is InChI=1S/C12H21NO2/c1-3-11(12-7-5-9-15-12)13-10(2)6-4-8-14/h5,7,9-11,13-14H,3-4,6,8H2,1-2H3. The summed E-state index contributed by atoms with van der Waals surface area (Å²) in [5.41, 5.74) is 0. The summed E-state index contributed by atoms with van der Waals surface area (Å²) in [6, 6.07) is 4.61. The Labute approximate surface area is 91.5 Å². The fourth-order valence-corrected chi connectivity index (χ4v) is 1.71. The quantitative estimate of drug-likeness (QED) is 0.728. The minimum atomic E-state index is 0.267. The second kappa shape index (κ2) is 6.64. The number of nitrogens with one attached hydrogen (secondary N) is 1. The molecule has 2 atom stereocenters. The van der Waals surface area contributed by atoms with E-state index in [-0.39, 0.29) is 12.6 Å². The number of hydrogen-bond donors (Lipinski definition) is 2. The molecule has 0 aliphatic rings. The Morgan fingerprint density at radius 2 is 2.33 bits per heavy atom. The number of aliphatic hydroxyl groups is 1. The lowest BCUT2D eigenvalue weighted by Gasteiger charge is -2.20. The van der Waals surface area contributed by atoms with E-state index in [9.17, 15) is 0 Å². The summed E-state index contributed by atoms with van der Waals surface area (Å²) >= 11 is 0. The summed E-state index contributed by atoms with van der Waals surface area (Å²) in [6.45, 7) is 4.55. The second-order valence-corrected chi connectivity index (χ2v) is 3.91. The first kappa shape index (κ1) is 12.3. The van der Waals surface area contributed by atoms with Crippen molar-refractivity contribution in [3.63, 3.8) is 0 Å². The highest BCUT2D eigenvalue weighted by atomic mass is 16.3. The van der Waals surface area contributed by atoms with Crippen LogP contribution in [-0.2, 0) is 0 Å². The monoisotopic (exact) mass is 211 g/mol. The first-order valence-electron chi connectivity index (χ1n) is 5.68. The zero-order valence-corrected chi connectivity index (χ0v) is 9.57. The normalized spacial score (nSPS) is 15.1. The number of aliphatic hydroxyl groups excluding tert-OH is 1. The zero-order chi connectivity index (χ0) is 11.1. The van der Waals surface area contributed by atoms with E-state index in [1.807, 2.05) is 12.1 Å². The summed E-state index contributed by atoms with van der Waals surface area (Å²) in [6.07, 6.45) is 4.56. The van der Waals surface area contributed by atoms with Gasteiger partial charge in [-0.15, -0.1) is 0 Å². The Balaban J connectivity index is 2.40. The maximum atomic E-state index is 8.74. The van der Waals surface area contributed by atoms with E-state index in [1.165, 1.54) is 0 Å². The summed E-state index contributed by atoms with van der Waals surface area (Å²) in [4.78, 5) is 0. The van der Waals surface area contributed by atoms with Gasteiger partial charge in [-0.25, -0.2) is 0 Å². The minimum Gasteiger partial charge on any atom is -0.468 e. The van der Waals surface area contributed by atoms with Gasteiger partial charge in [0.05, 0.1) is 12.3 Å². The van der Waals surface area contributed by atoms with Gasteiger partial charge >= 0.3 is 0 Å². The highest BCUT2D eigenvalue weighted by Gasteiger charge is 2.14. The van der Waals surface area contributed by atoms with Gasteiger partial charge in [-0.2, -0.15) is 0 Å². The lowest BCUT2D eigenvalue weighted by Crippen LogP contribution is -2.30. The van der Waals surface area contributed by atoms with Crippen LogP contribution in [0, 0.1) is 0 Å². The van der Waals surface area contributed by atoms with Crippen LogP contribution in [0.15, 0.2) is 22.8 Å². The van der Waals surface area contributed by atoms with Gasteiger partial charge < -0.3 is 14.8 Å². The highest BCUT2D eigenvalue weighted by molar-refractivity contribution is 5.04. The van der Waals surface area contributed by atoms with Crippen LogP contribution in [-0.4, -0.2) is 17.8 Å². The van der Waals surface area contributed by atoms with Crippen molar-refractivity contribution >= 4 is 0 Å². The van der Waals surface area contributed by atoms with E-state index in [2.05, 4.69) is 19.2 Å². The molecular weight excluding hydrogens is 190 g/mol. The van der Waals surface area contributed by atoms with Gasteiger partial charge in [0.2, 0.25) is 0 Å². The molecule has 1 aromatic heterocycles. The molecule has 0 aliphatic heterocycles. The summed E-state index contributed by atoms with van der Waals surface area (Å²) in [5.74, 6) is 0.994. The lowest BCUT2D eigenvalue weighted by molar-refractivity contribution is 0.270. The molecule has 0 fully saturated rings. The fourth-order valence-electron chi connectivity index (χ4n) is 1.71. The van der Waals surface area contributed by atoms with Gasteiger partial charge in [0, 0.05) is 12.6 Å². The minimum absolute atomic E-state index is 0.267. The molecule has 2 unspecified atom stereocenters. The first-order valence-corrected chi connectivity index (χ1v) is 5.68. The Morgan fingerprint density at radius 3 is 2.87 bits per heavy atom. The maximum absolute atomic E-state index is 8.74. The van der Waals surface area contributed by atoms with E-state index < -0.39 is 0 Å². The summed E-state index contributed by atoms with van der Waals surface area (Å²) < 4.78 is 5.38. The van der Waals surface area contributed by atoms with Gasteiger partial charge in [0.15, 0.2) is 0 Å². The Kier molecular flexibility index (Phi) is 5.43. The molecule has 1 heterocycles. The zero-order valence-electron chi connectivity index (χ0n) is 9.57. The van der Waals surface area contributed by atoms with Crippen molar-refractivity contribution in [2.75, 3.05) is 6.61 Å². The van der Waals surface area contributed by atoms with Crippen molar-refractivity contribution in [2.24, 2.45) is 0 Å². The topological polar surface area (TPSA) is 45.4 Å². The molecule has 0 bridgehead atoms. The molecule has 0 radical (unpaired) electrons. The van der Waals surface area contributed by atoms with Crippen LogP contribution in [0.5, 0.6) is 0 Å². The smallest absolute Gasteiger partial charge is 0.120 e. The molecular formula is C12H21NO2. The average Bonchev–Trinajstić information content (AvgIpc) is 2.76. The summed E-state index contributed by atoms with van der Waals surface area (Å²) in [5, 5.41) is 12.2. The van der Waals surface area contributed by atoms with E-state index in [0.29, 0.717) is 6.04 Å². The largest absolute Gasteiger partial charge is 0.468 e. The van der Waals surface area contributed by atoms with Crippen molar-refractivity contribution in [3.8, 4) is 0 Å². The molecule has 0 aliphatic carbocycles. The van der Waals surface area contributed by atoms with Crippen molar-refractivity contribution in [3.05, 3.63) is 24.2 Å². The van der Waals surface area contributed by atoms with Crippen LogP contribution in [0.4, 0.5) is 0 Å². The van der Waals surface area contributed by atoms with Crippen LogP contribution in [0.2, 0.25) is 0 Å². The maximum Gasteiger partial charge on any atom is 0.120 e. The Hall–Kier alpha value is -0.800. The van der Waals surface area contributed by atoms with Gasteiger partial charge in [-0.3, -0.25) is 0 Å². The van der Waals surface area contributed by atoms with Gasteiger partial charge in [-0.1, -0.05) is 6.92 Å². The van der Waals surface area contributed by atoms with Crippen LogP contribution in [0.25, 0.3) is 0 Å². The third-order valence-corrected chi connectivity index (χ3v) is 2.58. The van der Waals surface area contributed by atoms with Crippen LogP contribution in [0.1, 0.15) is 44.9 Å². The molecule has 86 valence electrons. The molecule has 1 aromatic rings. The van der Waals surface area contributed by atoms with E-state index >= 15 is 0 Å². The molecule has 0 amide bonds. The molecule has 0 aromatic carbocycles. The third-order valence-electron chi connectivity index (χ3n) is 2.58. The molecule has 3 nitrogen and oxygen atoms in total. The van der Waals surface area contributed by atoms with Gasteiger partial charge in [-0.05, 0) is 38.3 Å². The van der Waals surface area contributed by atoms with Crippen LogP contribution >= 0.6 is 0 Å². The van der Waals surface area contributed by atoms with Crippen molar-refractivity contribution in [1.29, 1.82) is 0 Å². The molecule has 0 saturated carbocycles. The fraction of sp³-hybridized carbons (Fsp3) is 0.667. The van der Waals surface area contributed by atoms with Crippen molar-refractivity contribution < 1.29 is 9.52 Å². The lowest BCUT2D eigenvalue weighted by atomic mass is 10.1. The highest BCUT2D eigenvalue weighted by Crippen LogP contribution is 2.18. The number of hydrogen-bond acceptors (Lipinski definition) is 3. The average molecular weight is 211 g/mol. The van der Waals surface area contributed by atoms with Crippen LogP contribution in [0.3, 0.4) is 0 Å². The van der Waals surface area contributed by atoms with Crippen molar-refractivity contribution in [2.45, 2.75) is 45.2 Å². The number of furan rings is 1. The predicted molar refractivity (Wildman–Crippen MR) is 60.7 cm³/mol. The molecule has 1 rings (SSSR count). The van der Waals surface area contributed by atoms with Gasteiger partial charge in [0.1, 0.15) is 5.76 Å². The van der Waals surface area contributed by atoms with E-state index in [4.69, 9.17) is 9.52 Å². The third kappa shape index (κ3) is 4.06. The van der Waals surface area contributed by atoms with E-state index in [0.717, 1.165) is 25.0 Å². The molecule has 3 heteroatoms. The van der Waals surface area contributed by atoms with Gasteiger partial charge in [0.25, 0.3) is 0 Å². The SMILES string of the molecule is CCC(NC(C)CCCO)c1ccco1. The number of rotatable bonds is 7. The molecule has 0 saturated heterocycles. The van der Waals surface area contributed by atoms with Crippen molar-refractivity contribution in [1.82, 2.24) is 5.32 Å². The summed E-state index contributed by atoms with van der Waals surface area (Å²) in [7, 11) is 0.